The topological polar surface area (TPSA) is 64.4 Å². The molecule has 1 aromatic heterocycles. The zero-order valence-electron chi connectivity index (χ0n) is 14.7. The molecule has 0 aliphatic rings. The summed E-state index contributed by atoms with van der Waals surface area (Å²) >= 11 is 0. The summed E-state index contributed by atoms with van der Waals surface area (Å²) in [6, 6.07) is 5.99. The number of benzene rings is 1. The van der Waals surface area contributed by atoms with Gasteiger partial charge in [-0.1, -0.05) is 18.6 Å². The van der Waals surface area contributed by atoms with Crippen LogP contribution in [-0.4, -0.2) is 28.0 Å². The molecule has 1 aromatic carbocycles. The summed E-state index contributed by atoms with van der Waals surface area (Å²) in [5.41, 5.74) is 3.07. The molecule has 1 N–H and O–H groups in total. The van der Waals surface area contributed by atoms with Crippen molar-refractivity contribution < 1.29 is 19.0 Å². The lowest BCUT2D eigenvalue weighted by atomic mass is 10.1. The zero-order chi connectivity index (χ0) is 18.6. The smallest absolute Gasteiger partial charge is 0.356 e. The molecule has 2 rings (SSSR count). The van der Waals surface area contributed by atoms with Gasteiger partial charge in [-0.3, -0.25) is 0 Å². The summed E-state index contributed by atoms with van der Waals surface area (Å²) in [6.07, 6.45) is 4.67. The minimum absolute atomic E-state index is 0.0475. The molecule has 1 heterocycles. The lowest BCUT2D eigenvalue weighted by Gasteiger charge is -2.12. The highest BCUT2D eigenvalue weighted by molar-refractivity contribution is 5.86. The molecule has 0 spiro atoms. The van der Waals surface area contributed by atoms with Crippen LogP contribution in [0.1, 0.15) is 42.0 Å². The largest absolute Gasteiger partial charge is 0.494 e. The SMILES string of the molecule is CCC(C)=C/C=C(/c1ccc(F)c(OC)c1)n1nc(C(=O)O)cc1C. The molecule has 5 nitrogen and oxygen atoms in total. The van der Waals surface area contributed by atoms with E-state index in [1.807, 2.05) is 26.0 Å². The maximum absolute atomic E-state index is 13.7. The van der Waals surface area contributed by atoms with Crippen LogP contribution in [0.15, 0.2) is 42.0 Å². The number of hydrogen-bond acceptors (Lipinski definition) is 3. The Labute approximate surface area is 146 Å². The monoisotopic (exact) mass is 344 g/mol. The summed E-state index contributed by atoms with van der Waals surface area (Å²) in [6.45, 7) is 5.81. The van der Waals surface area contributed by atoms with Crippen molar-refractivity contribution >= 4 is 11.7 Å². The van der Waals surface area contributed by atoms with E-state index in [-0.39, 0.29) is 11.4 Å². The van der Waals surface area contributed by atoms with E-state index in [1.54, 1.807) is 19.1 Å². The summed E-state index contributed by atoms with van der Waals surface area (Å²) in [5, 5.41) is 13.3. The van der Waals surface area contributed by atoms with E-state index in [0.717, 1.165) is 12.0 Å². The van der Waals surface area contributed by atoms with E-state index >= 15 is 0 Å². The van der Waals surface area contributed by atoms with Gasteiger partial charge in [0.15, 0.2) is 17.3 Å². The molecule has 0 saturated carbocycles. The summed E-state index contributed by atoms with van der Waals surface area (Å²) in [7, 11) is 1.40. The van der Waals surface area contributed by atoms with Crippen molar-refractivity contribution in [2.75, 3.05) is 7.11 Å². The average Bonchev–Trinajstić information content (AvgIpc) is 2.98. The van der Waals surface area contributed by atoms with Gasteiger partial charge in [0.05, 0.1) is 12.8 Å². The number of hydrogen-bond donors (Lipinski definition) is 1. The molecule has 0 unspecified atom stereocenters. The molecule has 0 aliphatic carbocycles. The number of ether oxygens (including phenoxy) is 1. The van der Waals surface area contributed by atoms with Gasteiger partial charge in [-0.15, -0.1) is 0 Å². The predicted molar refractivity (Wildman–Crippen MR) is 94.3 cm³/mol. The van der Waals surface area contributed by atoms with Gasteiger partial charge in [-0.2, -0.15) is 5.10 Å². The Morgan fingerprint density at radius 2 is 2.08 bits per heavy atom. The van der Waals surface area contributed by atoms with Crippen molar-refractivity contribution in [3.8, 4) is 5.75 Å². The first-order chi connectivity index (χ1) is 11.9. The zero-order valence-corrected chi connectivity index (χ0v) is 14.7. The predicted octanol–water partition coefficient (Wildman–Crippen LogP) is 4.28. The first-order valence-electron chi connectivity index (χ1n) is 7.89. The van der Waals surface area contributed by atoms with Crippen LogP contribution in [0.4, 0.5) is 4.39 Å². The van der Waals surface area contributed by atoms with Crippen molar-refractivity contribution in [2.24, 2.45) is 0 Å². The quantitative estimate of drug-likeness (QED) is 0.794. The molecular weight excluding hydrogens is 323 g/mol. The minimum Gasteiger partial charge on any atom is -0.494 e. The van der Waals surface area contributed by atoms with Crippen molar-refractivity contribution in [3.05, 3.63) is 64.8 Å². The number of aryl methyl sites for hydroxylation is 1. The van der Waals surface area contributed by atoms with E-state index in [2.05, 4.69) is 5.10 Å². The molecule has 0 amide bonds. The van der Waals surface area contributed by atoms with Crippen molar-refractivity contribution in [1.29, 1.82) is 0 Å². The number of aromatic carboxylic acids is 1. The number of carboxylic acids is 1. The maximum Gasteiger partial charge on any atom is 0.356 e. The highest BCUT2D eigenvalue weighted by Crippen LogP contribution is 2.26. The fraction of sp³-hybridized carbons (Fsp3) is 0.263. The molecule has 25 heavy (non-hydrogen) atoms. The van der Waals surface area contributed by atoms with E-state index in [1.165, 1.54) is 23.9 Å². The Balaban J connectivity index is 2.64. The molecule has 0 saturated heterocycles. The fourth-order valence-corrected chi connectivity index (χ4v) is 2.27. The normalized spacial score (nSPS) is 12.4. The van der Waals surface area contributed by atoms with Gasteiger partial charge in [-0.05, 0) is 50.6 Å². The molecule has 0 fully saturated rings. The van der Waals surface area contributed by atoms with E-state index in [0.29, 0.717) is 17.0 Å². The molecule has 0 aliphatic heterocycles. The van der Waals surface area contributed by atoms with Gasteiger partial charge < -0.3 is 9.84 Å². The second-order valence-corrected chi connectivity index (χ2v) is 5.66. The van der Waals surface area contributed by atoms with Crippen molar-refractivity contribution in [1.82, 2.24) is 9.78 Å². The van der Waals surface area contributed by atoms with E-state index < -0.39 is 11.8 Å². The van der Waals surface area contributed by atoms with Gasteiger partial charge >= 0.3 is 5.97 Å². The van der Waals surface area contributed by atoms with Gasteiger partial charge in [0.25, 0.3) is 0 Å². The summed E-state index contributed by atoms with van der Waals surface area (Å²) in [4.78, 5) is 11.2. The number of nitrogens with zero attached hydrogens (tertiary/aromatic N) is 2. The second kappa shape index (κ2) is 7.79. The first kappa shape index (κ1) is 18.4. The lowest BCUT2D eigenvalue weighted by Crippen LogP contribution is -2.06. The van der Waals surface area contributed by atoms with Gasteiger partial charge in [0.2, 0.25) is 0 Å². The molecule has 0 bridgehead atoms. The van der Waals surface area contributed by atoms with Crippen LogP contribution in [0, 0.1) is 12.7 Å². The highest BCUT2D eigenvalue weighted by atomic mass is 19.1. The Morgan fingerprint density at radius 3 is 2.64 bits per heavy atom. The number of aromatic nitrogens is 2. The Bertz CT molecular complexity index is 850. The van der Waals surface area contributed by atoms with Crippen LogP contribution in [0.25, 0.3) is 5.70 Å². The van der Waals surface area contributed by atoms with Crippen molar-refractivity contribution in [2.45, 2.75) is 27.2 Å². The molecule has 6 heteroatoms. The van der Waals surface area contributed by atoms with Crippen molar-refractivity contribution in [3.63, 3.8) is 0 Å². The highest BCUT2D eigenvalue weighted by Gasteiger charge is 2.15. The first-order valence-corrected chi connectivity index (χ1v) is 7.89. The number of rotatable bonds is 6. The van der Waals surface area contributed by atoms with Crippen LogP contribution in [-0.2, 0) is 0 Å². The van der Waals surface area contributed by atoms with Gasteiger partial charge in [0.1, 0.15) is 0 Å². The number of carbonyl (C=O) groups is 1. The van der Waals surface area contributed by atoms with E-state index in [4.69, 9.17) is 4.74 Å². The lowest BCUT2D eigenvalue weighted by molar-refractivity contribution is 0.0690. The summed E-state index contributed by atoms with van der Waals surface area (Å²) < 4.78 is 20.3. The van der Waals surface area contributed by atoms with Gasteiger partial charge in [-0.25, -0.2) is 13.9 Å². The number of methoxy groups -OCH3 is 1. The molecular formula is C19H21FN2O3. The third-order valence-electron chi connectivity index (χ3n) is 3.87. The molecule has 132 valence electrons. The van der Waals surface area contributed by atoms with Crippen LogP contribution >= 0.6 is 0 Å². The third-order valence-corrected chi connectivity index (χ3v) is 3.87. The minimum atomic E-state index is -1.10. The molecule has 0 radical (unpaired) electrons. The van der Waals surface area contributed by atoms with Crippen LogP contribution < -0.4 is 4.74 Å². The average molecular weight is 344 g/mol. The van der Waals surface area contributed by atoms with Crippen LogP contribution in [0.3, 0.4) is 0 Å². The standard InChI is InChI=1S/C19H21FN2O3/c1-5-12(2)6-9-17(14-7-8-15(20)18(11-14)25-4)22-13(3)10-16(21-22)19(23)24/h6-11H,5H2,1-4H3,(H,23,24)/b12-6?,17-9-. The Kier molecular flexibility index (Phi) is 5.75. The Hall–Kier alpha value is -2.89. The van der Waals surface area contributed by atoms with Crippen LogP contribution in [0.5, 0.6) is 5.75 Å². The maximum atomic E-state index is 13.7. The number of halogens is 1. The summed E-state index contributed by atoms with van der Waals surface area (Å²) in [5.74, 6) is -1.45. The fourth-order valence-electron chi connectivity index (χ4n) is 2.27. The molecule has 2 aromatic rings. The Morgan fingerprint density at radius 1 is 1.36 bits per heavy atom. The second-order valence-electron chi connectivity index (χ2n) is 5.66. The van der Waals surface area contributed by atoms with Crippen LogP contribution in [0.2, 0.25) is 0 Å². The molecule has 0 atom stereocenters. The van der Waals surface area contributed by atoms with Gasteiger partial charge in [0, 0.05) is 11.3 Å². The van der Waals surface area contributed by atoms with E-state index in [9.17, 15) is 14.3 Å². The third kappa shape index (κ3) is 4.15. The number of allylic oxidation sites excluding steroid dienone is 3. The number of carboxylic acid groups (broad SMARTS) is 1.